The van der Waals surface area contributed by atoms with E-state index >= 15 is 0 Å². The lowest BCUT2D eigenvalue weighted by molar-refractivity contribution is 0.168. The van der Waals surface area contributed by atoms with Crippen molar-refractivity contribution < 1.29 is 18.7 Å². The van der Waals surface area contributed by atoms with Crippen molar-refractivity contribution in [2.75, 3.05) is 24.3 Å². The minimum absolute atomic E-state index is 0.233. The van der Waals surface area contributed by atoms with Gasteiger partial charge in [0.05, 0.1) is 13.2 Å². The van der Waals surface area contributed by atoms with Crippen LogP contribution in [0.4, 0.5) is 21.0 Å². The summed E-state index contributed by atoms with van der Waals surface area (Å²) < 4.78 is 10.7. The Kier molecular flexibility index (Phi) is 6.39. The number of rotatable bonds is 6. The summed E-state index contributed by atoms with van der Waals surface area (Å²) in [5.41, 5.74) is 3.07. The molecule has 7 heteroatoms. The second-order valence-corrected chi connectivity index (χ2v) is 6.56. The van der Waals surface area contributed by atoms with Gasteiger partial charge in [-0.1, -0.05) is 25.1 Å². The molecule has 0 fully saturated rings. The summed E-state index contributed by atoms with van der Waals surface area (Å²) in [6.07, 6.45) is 0.247. The van der Waals surface area contributed by atoms with Gasteiger partial charge in [0.15, 0.2) is 0 Å². The lowest BCUT2D eigenvalue weighted by atomic mass is 10.1. The highest BCUT2D eigenvalue weighted by Crippen LogP contribution is 2.27. The van der Waals surface area contributed by atoms with Crippen molar-refractivity contribution in [3.8, 4) is 0 Å². The SMILES string of the molecule is CCOC(=O)Nc1ccc(NC(=O)N(C)Cc2c(CC)oc3ccccc23)cc1. The van der Waals surface area contributed by atoms with Crippen LogP contribution in [-0.2, 0) is 17.7 Å². The van der Waals surface area contributed by atoms with Crippen LogP contribution in [0.2, 0.25) is 0 Å². The van der Waals surface area contributed by atoms with Crippen molar-refractivity contribution in [2.45, 2.75) is 26.8 Å². The predicted octanol–water partition coefficient (Wildman–Crippen LogP) is 5.23. The Bertz CT molecular complexity index is 995. The van der Waals surface area contributed by atoms with Gasteiger partial charge in [0.25, 0.3) is 0 Å². The van der Waals surface area contributed by atoms with E-state index in [-0.39, 0.29) is 6.03 Å². The number of benzene rings is 2. The number of furan rings is 1. The molecule has 29 heavy (non-hydrogen) atoms. The summed E-state index contributed by atoms with van der Waals surface area (Å²) in [5.74, 6) is 0.889. The average molecular weight is 395 g/mol. The second-order valence-electron chi connectivity index (χ2n) is 6.56. The first-order chi connectivity index (χ1) is 14.0. The van der Waals surface area contributed by atoms with E-state index < -0.39 is 6.09 Å². The first-order valence-corrected chi connectivity index (χ1v) is 9.57. The molecule has 1 aromatic heterocycles. The van der Waals surface area contributed by atoms with Crippen LogP contribution < -0.4 is 10.6 Å². The number of carbonyl (C=O) groups excluding carboxylic acids is 2. The number of para-hydroxylation sites is 1. The zero-order chi connectivity index (χ0) is 20.8. The zero-order valence-electron chi connectivity index (χ0n) is 16.8. The summed E-state index contributed by atoms with van der Waals surface area (Å²) in [5, 5.41) is 6.49. The van der Waals surface area contributed by atoms with Gasteiger partial charge in [0.1, 0.15) is 11.3 Å². The van der Waals surface area contributed by atoms with Crippen LogP contribution >= 0.6 is 0 Å². The van der Waals surface area contributed by atoms with E-state index in [9.17, 15) is 9.59 Å². The van der Waals surface area contributed by atoms with Gasteiger partial charge in [0, 0.05) is 35.8 Å². The number of nitrogens with one attached hydrogen (secondary N) is 2. The quantitative estimate of drug-likeness (QED) is 0.599. The van der Waals surface area contributed by atoms with Crippen LogP contribution in [-0.4, -0.2) is 30.7 Å². The third-order valence-electron chi connectivity index (χ3n) is 4.50. The molecule has 152 valence electrons. The van der Waals surface area contributed by atoms with E-state index in [0.29, 0.717) is 24.5 Å². The molecule has 3 amide bonds. The Morgan fingerprint density at radius 2 is 1.66 bits per heavy atom. The Morgan fingerprint density at radius 1 is 1.00 bits per heavy atom. The molecule has 0 saturated heterocycles. The van der Waals surface area contributed by atoms with E-state index in [1.807, 2.05) is 31.2 Å². The van der Waals surface area contributed by atoms with Crippen LogP contribution in [0.25, 0.3) is 11.0 Å². The fourth-order valence-corrected chi connectivity index (χ4v) is 3.06. The van der Waals surface area contributed by atoms with Gasteiger partial charge in [-0.25, -0.2) is 9.59 Å². The molecule has 1 heterocycles. The topological polar surface area (TPSA) is 83.8 Å². The Morgan fingerprint density at radius 3 is 2.31 bits per heavy atom. The number of carbonyl (C=O) groups is 2. The zero-order valence-corrected chi connectivity index (χ0v) is 16.8. The summed E-state index contributed by atoms with van der Waals surface area (Å²) in [6, 6.07) is 14.5. The molecule has 0 bridgehead atoms. The van der Waals surface area contributed by atoms with Crippen molar-refractivity contribution in [3.63, 3.8) is 0 Å². The van der Waals surface area contributed by atoms with Crippen molar-refractivity contribution in [1.82, 2.24) is 4.90 Å². The van der Waals surface area contributed by atoms with E-state index in [1.54, 1.807) is 43.1 Å². The van der Waals surface area contributed by atoms with Gasteiger partial charge in [0.2, 0.25) is 0 Å². The number of anilines is 2. The van der Waals surface area contributed by atoms with Gasteiger partial charge in [-0.15, -0.1) is 0 Å². The number of hydrogen-bond acceptors (Lipinski definition) is 4. The monoisotopic (exact) mass is 395 g/mol. The molecule has 0 atom stereocenters. The molecule has 3 aromatic rings. The van der Waals surface area contributed by atoms with Crippen LogP contribution in [0.15, 0.2) is 52.9 Å². The second kappa shape index (κ2) is 9.14. The Balaban J connectivity index is 1.65. The fourth-order valence-electron chi connectivity index (χ4n) is 3.06. The minimum Gasteiger partial charge on any atom is -0.461 e. The molecule has 0 spiro atoms. The average Bonchev–Trinajstić information content (AvgIpc) is 3.07. The van der Waals surface area contributed by atoms with E-state index in [4.69, 9.17) is 9.15 Å². The summed E-state index contributed by atoms with van der Waals surface area (Å²) in [7, 11) is 1.74. The first-order valence-electron chi connectivity index (χ1n) is 9.57. The molecule has 0 saturated carbocycles. The van der Waals surface area contributed by atoms with Crippen molar-refractivity contribution in [1.29, 1.82) is 0 Å². The maximum absolute atomic E-state index is 12.6. The lowest BCUT2D eigenvalue weighted by Crippen LogP contribution is -2.31. The van der Waals surface area contributed by atoms with E-state index in [2.05, 4.69) is 10.6 Å². The highest BCUT2D eigenvalue weighted by atomic mass is 16.5. The van der Waals surface area contributed by atoms with Gasteiger partial charge in [-0.2, -0.15) is 0 Å². The van der Waals surface area contributed by atoms with Crippen LogP contribution in [0.1, 0.15) is 25.2 Å². The number of fused-ring (bicyclic) bond motifs is 1. The van der Waals surface area contributed by atoms with Gasteiger partial charge < -0.3 is 19.4 Å². The molecule has 0 aliphatic rings. The van der Waals surface area contributed by atoms with Gasteiger partial charge in [-0.05, 0) is 37.3 Å². The largest absolute Gasteiger partial charge is 0.461 e. The Labute approximate surface area is 169 Å². The molecule has 0 aliphatic heterocycles. The third kappa shape index (κ3) is 4.87. The molecule has 0 radical (unpaired) electrons. The lowest BCUT2D eigenvalue weighted by Gasteiger charge is -2.18. The van der Waals surface area contributed by atoms with Crippen LogP contribution in [0.5, 0.6) is 0 Å². The molecular weight excluding hydrogens is 370 g/mol. The summed E-state index contributed by atoms with van der Waals surface area (Å²) in [6.45, 7) is 4.52. The maximum Gasteiger partial charge on any atom is 0.411 e. The first kappa shape index (κ1) is 20.3. The molecule has 0 aliphatic carbocycles. The third-order valence-corrected chi connectivity index (χ3v) is 4.50. The number of ether oxygens (including phenoxy) is 1. The minimum atomic E-state index is -0.511. The Hall–Kier alpha value is -3.48. The molecule has 2 aromatic carbocycles. The van der Waals surface area contributed by atoms with Gasteiger partial charge in [-0.3, -0.25) is 5.32 Å². The summed E-state index contributed by atoms with van der Waals surface area (Å²) >= 11 is 0. The number of urea groups is 1. The fraction of sp³-hybridized carbons (Fsp3) is 0.273. The van der Waals surface area contributed by atoms with Crippen molar-refractivity contribution in [2.24, 2.45) is 0 Å². The van der Waals surface area contributed by atoms with Crippen LogP contribution in [0, 0.1) is 0 Å². The number of nitrogens with zero attached hydrogens (tertiary/aromatic N) is 1. The predicted molar refractivity (Wildman–Crippen MR) is 113 cm³/mol. The normalized spacial score (nSPS) is 10.6. The summed E-state index contributed by atoms with van der Waals surface area (Å²) in [4.78, 5) is 25.7. The van der Waals surface area contributed by atoms with Crippen molar-refractivity contribution >= 4 is 34.5 Å². The van der Waals surface area contributed by atoms with E-state index in [1.165, 1.54) is 0 Å². The number of amides is 3. The molecule has 2 N–H and O–H groups in total. The smallest absolute Gasteiger partial charge is 0.411 e. The molecule has 7 nitrogen and oxygen atoms in total. The highest BCUT2D eigenvalue weighted by molar-refractivity contribution is 5.91. The molecule has 3 rings (SSSR count). The number of aryl methyl sites for hydroxylation is 1. The maximum atomic E-state index is 12.6. The van der Waals surface area contributed by atoms with Crippen LogP contribution in [0.3, 0.4) is 0 Å². The molecular formula is C22H25N3O4. The standard InChI is InChI=1S/C22H25N3O4/c1-4-19-18(17-8-6-7-9-20(17)29-19)14-25(3)21(26)23-15-10-12-16(13-11-15)24-22(27)28-5-2/h6-13H,4-5,14H2,1-3H3,(H,23,26)(H,24,27). The van der Waals surface area contributed by atoms with Crippen molar-refractivity contribution in [3.05, 3.63) is 59.9 Å². The molecule has 0 unspecified atom stereocenters. The van der Waals surface area contributed by atoms with Gasteiger partial charge >= 0.3 is 12.1 Å². The van der Waals surface area contributed by atoms with E-state index in [0.717, 1.165) is 28.7 Å². The number of hydrogen-bond donors (Lipinski definition) is 2. The highest BCUT2D eigenvalue weighted by Gasteiger charge is 2.17.